The Hall–Kier alpha value is -2.28. The summed E-state index contributed by atoms with van der Waals surface area (Å²) in [5.74, 6) is 0. The van der Waals surface area contributed by atoms with Crippen LogP contribution in [0.3, 0.4) is 0 Å². The van der Waals surface area contributed by atoms with Gasteiger partial charge in [-0.3, -0.25) is 0 Å². The summed E-state index contributed by atoms with van der Waals surface area (Å²) in [5, 5.41) is 3.25. The van der Waals surface area contributed by atoms with Crippen molar-refractivity contribution in [2.45, 2.75) is 27.7 Å². The standard InChI is InChI=1S/C21H25N/c1-14-7-9-19(21(13-14)22-6)10-8-16(3)20-12-15(2)11-17(4)18(20)5/h7-13,22H,3H2,1-2,4-6H3/b10-8-. The maximum Gasteiger partial charge on any atom is 0.0413 e. The predicted octanol–water partition coefficient (Wildman–Crippen LogP) is 5.69. The minimum atomic E-state index is 1.05. The Morgan fingerprint density at radius 2 is 1.73 bits per heavy atom. The Bertz CT molecular complexity index is 736. The summed E-state index contributed by atoms with van der Waals surface area (Å²) in [7, 11) is 1.95. The molecule has 2 aromatic rings. The van der Waals surface area contributed by atoms with Crippen molar-refractivity contribution in [1.29, 1.82) is 0 Å². The van der Waals surface area contributed by atoms with E-state index in [1.165, 1.54) is 33.4 Å². The number of rotatable bonds is 4. The first kappa shape index (κ1) is 16.1. The minimum Gasteiger partial charge on any atom is -0.388 e. The molecule has 1 nitrogen and oxygen atoms in total. The molecular formula is C21H25N. The first-order valence-electron chi connectivity index (χ1n) is 7.66. The fourth-order valence-corrected chi connectivity index (χ4v) is 2.69. The zero-order valence-electron chi connectivity index (χ0n) is 14.2. The molecule has 1 heteroatoms. The summed E-state index contributed by atoms with van der Waals surface area (Å²) in [6.07, 6.45) is 4.23. The van der Waals surface area contributed by atoms with Crippen LogP contribution in [0.1, 0.15) is 33.4 Å². The molecule has 0 amide bonds. The van der Waals surface area contributed by atoms with E-state index in [2.05, 4.69) is 82.1 Å². The van der Waals surface area contributed by atoms with Gasteiger partial charge in [0.05, 0.1) is 0 Å². The zero-order valence-corrected chi connectivity index (χ0v) is 14.2. The normalized spacial score (nSPS) is 11.0. The number of aryl methyl sites for hydroxylation is 3. The molecule has 0 atom stereocenters. The lowest BCUT2D eigenvalue weighted by atomic mass is 9.95. The van der Waals surface area contributed by atoms with Gasteiger partial charge in [0.1, 0.15) is 0 Å². The Labute approximate surface area is 134 Å². The molecule has 22 heavy (non-hydrogen) atoms. The molecule has 0 aliphatic heterocycles. The van der Waals surface area contributed by atoms with Crippen molar-refractivity contribution in [2.24, 2.45) is 0 Å². The molecule has 0 aliphatic carbocycles. The van der Waals surface area contributed by atoms with E-state index in [-0.39, 0.29) is 0 Å². The molecule has 0 fully saturated rings. The smallest absolute Gasteiger partial charge is 0.0413 e. The SMILES string of the molecule is C=C(/C=C\c1ccc(C)cc1NC)c1cc(C)cc(C)c1C. The van der Waals surface area contributed by atoms with Crippen LogP contribution in [0.4, 0.5) is 5.69 Å². The lowest BCUT2D eigenvalue weighted by Crippen LogP contribution is -1.93. The van der Waals surface area contributed by atoms with Crippen LogP contribution in [0.5, 0.6) is 0 Å². The van der Waals surface area contributed by atoms with Crippen LogP contribution in [0, 0.1) is 27.7 Å². The van der Waals surface area contributed by atoms with Gasteiger partial charge in [0.15, 0.2) is 0 Å². The second-order valence-electron chi connectivity index (χ2n) is 5.95. The van der Waals surface area contributed by atoms with Crippen LogP contribution >= 0.6 is 0 Å². The van der Waals surface area contributed by atoms with Crippen molar-refractivity contribution in [1.82, 2.24) is 0 Å². The quantitative estimate of drug-likeness (QED) is 0.714. The lowest BCUT2D eigenvalue weighted by Gasteiger charge is -2.11. The van der Waals surface area contributed by atoms with Crippen LogP contribution in [0.25, 0.3) is 11.6 Å². The third-order valence-electron chi connectivity index (χ3n) is 4.10. The van der Waals surface area contributed by atoms with Gasteiger partial charge < -0.3 is 5.32 Å². The van der Waals surface area contributed by atoms with Crippen molar-refractivity contribution >= 4 is 17.3 Å². The number of nitrogens with one attached hydrogen (secondary N) is 1. The second-order valence-corrected chi connectivity index (χ2v) is 5.95. The minimum absolute atomic E-state index is 1.05. The summed E-state index contributed by atoms with van der Waals surface area (Å²) in [4.78, 5) is 0. The molecule has 0 unspecified atom stereocenters. The number of allylic oxidation sites excluding steroid dienone is 2. The number of benzene rings is 2. The Morgan fingerprint density at radius 1 is 1.00 bits per heavy atom. The fraction of sp³-hybridized carbons (Fsp3) is 0.238. The molecule has 0 heterocycles. The molecule has 0 radical (unpaired) electrons. The molecule has 0 aliphatic rings. The molecular weight excluding hydrogens is 266 g/mol. The molecule has 2 aromatic carbocycles. The van der Waals surface area contributed by atoms with Gasteiger partial charge in [0, 0.05) is 12.7 Å². The molecule has 2 rings (SSSR count). The van der Waals surface area contributed by atoms with Gasteiger partial charge >= 0.3 is 0 Å². The van der Waals surface area contributed by atoms with Crippen LogP contribution in [-0.2, 0) is 0 Å². The van der Waals surface area contributed by atoms with Crippen LogP contribution in [-0.4, -0.2) is 7.05 Å². The fourth-order valence-electron chi connectivity index (χ4n) is 2.69. The molecule has 1 N–H and O–H groups in total. The van der Waals surface area contributed by atoms with Gasteiger partial charge in [0.2, 0.25) is 0 Å². The van der Waals surface area contributed by atoms with Crippen molar-refractivity contribution in [3.8, 4) is 0 Å². The number of hydrogen-bond donors (Lipinski definition) is 1. The highest BCUT2D eigenvalue weighted by Gasteiger charge is 2.05. The Kier molecular flexibility index (Phi) is 4.87. The van der Waals surface area contributed by atoms with E-state index in [4.69, 9.17) is 0 Å². The Balaban J connectivity index is 2.33. The van der Waals surface area contributed by atoms with E-state index in [9.17, 15) is 0 Å². The van der Waals surface area contributed by atoms with Crippen LogP contribution in [0.2, 0.25) is 0 Å². The molecule has 0 saturated carbocycles. The van der Waals surface area contributed by atoms with Gasteiger partial charge in [-0.1, -0.05) is 48.6 Å². The molecule has 0 saturated heterocycles. The molecule has 0 spiro atoms. The van der Waals surface area contributed by atoms with Gasteiger partial charge in [-0.05, 0) is 67.2 Å². The summed E-state index contributed by atoms with van der Waals surface area (Å²) in [5.41, 5.74) is 9.74. The van der Waals surface area contributed by atoms with Gasteiger partial charge in [0.25, 0.3) is 0 Å². The van der Waals surface area contributed by atoms with Crippen LogP contribution < -0.4 is 5.32 Å². The van der Waals surface area contributed by atoms with E-state index < -0.39 is 0 Å². The average molecular weight is 291 g/mol. The third-order valence-corrected chi connectivity index (χ3v) is 4.10. The first-order valence-corrected chi connectivity index (χ1v) is 7.66. The van der Waals surface area contributed by atoms with Gasteiger partial charge in [-0.2, -0.15) is 0 Å². The lowest BCUT2D eigenvalue weighted by molar-refractivity contribution is 1.28. The van der Waals surface area contributed by atoms with E-state index in [0.717, 1.165) is 11.3 Å². The Morgan fingerprint density at radius 3 is 2.41 bits per heavy atom. The van der Waals surface area contributed by atoms with E-state index in [1.807, 2.05) is 7.05 Å². The summed E-state index contributed by atoms with van der Waals surface area (Å²) in [6, 6.07) is 10.9. The molecule has 114 valence electrons. The predicted molar refractivity (Wildman–Crippen MR) is 99.4 cm³/mol. The van der Waals surface area contributed by atoms with Crippen molar-refractivity contribution < 1.29 is 0 Å². The van der Waals surface area contributed by atoms with E-state index >= 15 is 0 Å². The highest BCUT2D eigenvalue weighted by atomic mass is 14.8. The van der Waals surface area contributed by atoms with Gasteiger partial charge in [-0.15, -0.1) is 0 Å². The summed E-state index contributed by atoms with van der Waals surface area (Å²) in [6.45, 7) is 12.8. The largest absolute Gasteiger partial charge is 0.388 e. The zero-order chi connectivity index (χ0) is 16.3. The van der Waals surface area contributed by atoms with E-state index in [0.29, 0.717) is 0 Å². The first-order chi connectivity index (χ1) is 10.4. The summed E-state index contributed by atoms with van der Waals surface area (Å²) >= 11 is 0. The van der Waals surface area contributed by atoms with Gasteiger partial charge in [-0.25, -0.2) is 0 Å². The van der Waals surface area contributed by atoms with Crippen molar-refractivity contribution in [3.05, 3.63) is 76.4 Å². The monoisotopic (exact) mass is 291 g/mol. The average Bonchev–Trinajstić information content (AvgIpc) is 2.49. The number of anilines is 1. The van der Waals surface area contributed by atoms with Crippen molar-refractivity contribution in [2.75, 3.05) is 12.4 Å². The molecule has 0 bridgehead atoms. The summed E-state index contributed by atoms with van der Waals surface area (Å²) < 4.78 is 0. The molecule has 0 aromatic heterocycles. The van der Waals surface area contributed by atoms with Crippen LogP contribution in [0.15, 0.2) is 43.0 Å². The second kappa shape index (κ2) is 6.65. The van der Waals surface area contributed by atoms with Crippen molar-refractivity contribution in [3.63, 3.8) is 0 Å². The number of hydrogen-bond acceptors (Lipinski definition) is 1. The highest BCUT2D eigenvalue weighted by Crippen LogP contribution is 2.25. The maximum absolute atomic E-state index is 4.25. The highest BCUT2D eigenvalue weighted by molar-refractivity contribution is 5.81. The maximum atomic E-state index is 4.25. The topological polar surface area (TPSA) is 12.0 Å². The van der Waals surface area contributed by atoms with E-state index in [1.54, 1.807) is 0 Å². The third kappa shape index (κ3) is 3.48.